The van der Waals surface area contributed by atoms with Crippen molar-refractivity contribution in [2.75, 3.05) is 19.8 Å². The fourth-order valence-corrected chi connectivity index (χ4v) is 1.28. The lowest BCUT2D eigenvalue weighted by molar-refractivity contribution is 0.110. The Bertz CT molecular complexity index is 297. The molecule has 1 aromatic carbocycles. The van der Waals surface area contributed by atoms with Gasteiger partial charge in [-0.1, -0.05) is 0 Å². The van der Waals surface area contributed by atoms with Crippen molar-refractivity contribution >= 4 is 0 Å². The van der Waals surface area contributed by atoms with E-state index in [2.05, 4.69) is 6.07 Å². The van der Waals surface area contributed by atoms with Crippen LogP contribution in [0.25, 0.3) is 0 Å². The summed E-state index contributed by atoms with van der Waals surface area (Å²) in [7, 11) is 0. The van der Waals surface area contributed by atoms with E-state index in [0.717, 1.165) is 16.9 Å². The van der Waals surface area contributed by atoms with Gasteiger partial charge in [0, 0.05) is 6.61 Å². The molecule has 0 unspecified atom stereocenters. The van der Waals surface area contributed by atoms with Crippen LogP contribution < -0.4 is 4.74 Å². The highest BCUT2D eigenvalue weighted by atomic mass is 16.5. The van der Waals surface area contributed by atoms with Gasteiger partial charge in [0.2, 0.25) is 0 Å². The molecule has 0 heterocycles. The van der Waals surface area contributed by atoms with Crippen LogP contribution in [-0.4, -0.2) is 24.9 Å². The smallest absolute Gasteiger partial charge is 0.120 e. The van der Waals surface area contributed by atoms with E-state index in [-0.39, 0.29) is 6.61 Å². The molecule has 3 heteroatoms. The molecule has 0 fully saturated rings. The Hall–Kier alpha value is -1.06. The summed E-state index contributed by atoms with van der Waals surface area (Å²) >= 11 is 0. The van der Waals surface area contributed by atoms with Crippen molar-refractivity contribution < 1.29 is 14.6 Å². The normalized spacial score (nSPS) is 10.3. The van der Waals surface area contributed by atoms with Gasteiger partial charge in [0.15, 0.2) is 0 Å². The minimum absolute atomic E-state index is 0.0104. The average molecular weight is 209 g/mol. The molecule has 0 aliphatic heterocycles. The third-order valence-electron chi connectivity index (χ3n) is 1.90. The molecule has 0 bridgehead atoms. The van der Waals surface area contributed by atoms with Crippen molar-refractivity contribution in [2.45, 2.75) is 20.5 Å². The standard InChI is InChI=1S/C12H17O3/c1-3-14-4-5-15-12-7-10(2)6-11(8-12)9-13/h7-8,13H,3-5,9H2,1-2H3. The van der Waals surface area contributed by atoms with Gasteiger partial charge in [-0.25, -0.2) is 0 Å². The van der Waals surface area contributed by atoms with Gasteiger partial charge >= 0.3 is 0 Å². The predicted octanol–water partition coefficient (Wildman–Crippen LogP) is 1.70. The minimum Gasteiger partial charge on any atom is -0.491 e. The molecule has 0 aliphatic rings. The second-order valence-electron chi connectivity index (χ2n) is 3.23. The third-order valence-corrected chi connectivity index (χ3v) is 1.90. The maximum Gasteiger partial charge on any atom is 0.120 e. The molecule has 0 saturated heterocycles. The maximum atomic E-state index is 8.98. The van der Waals surface area contributed by atoms with Gasteiger partial charge < -0.3 is 14.6 Å². The lowest BCUT2D eigenvalue weighted by Crippen LogP contribution is -2.06. The van der Waals surface area contributed by atoms with Crippen LogP contribution >= 0.6 is 0 Å². The van der Waals surface area contributed by atoms with Gasteiger partial charge in [0.05, 0.1) is 13.2 Å². The van der Waals surface area contributed by atoms with Gasteiger partial charge in [-0.2, -0.15) is 0 Å². The molecule has 83 valence electrons. The molecule has 1 rings (SSSR count). The first-order valence-corrected chi connectivity index (χ1v) is 5.10. The summed E-state index contributed by atoms with van der Waals surface area (Å²) in [6, 6.07) is 6.72. The Kier molecular flexibility index (Phi) is 5.15. The van der Waals surface area contributed by atoms with Crippen molar-refractivity contribution in [3.63, 3.8) is 0 Å². The Balaban J connectivity index is 2.49. The lowest BCUT2D eigenvalue weighted by Gasteiger charge is -2.08. The van der Waals surface area contributed by atoms with Crippen molar-refractivity contribution in [1.29, 1.82) is 0 Å². The number of rotatable bonds is 6. The zero-order chi connectivity index (χ0) is 11.1. The fraction of sp³-hybridized carbons (Fsp3) is 0.500. The summed E-state index contributed by atoms with van der Waals surface area (Å²) in [5, 5.41) is 8.98. The van der Waals surface area contributed by atoms with Crippen LogP contribution in [0, 0.1) is 13.0 Å². The molecule has 1 N–H and O–H groups in total. The number of hydrogen-bond donors (Lipinski definition) is 1. The Labute approximate surface area is 90.6 Å². The highest BCUT2D eigenvalue weighted by Crippen LogP contribution is 2.16. The molecule has 0 aromatic heterocycles. The van der Waals surface area contributed by atoms with E-state index >= 15 is 0 Å². The molecule has 1 aromatic rings. The van der Waals surface area contributed by atoms with E-state index in [0.29, 0.717) is 19.8 Å². The predicted molar refractivity (Wildman–Crippen MR) is 57.9 cm³/mol. The van der Waals surface area contributed by atoms with Crippen molar-refractivity contribution in [3.8, 4) is 5.75 Å². The molecule has 0 amide bonds. The molecule has 15 heavy (non-hydrogen) atoms. The summed E-state index contributed by atoms with van der Waals surface area (Å²) in [6.45, 7) is 5.68. The fourth-order valence-electron chi connectivity index (χ4n) is 1.28. The van der Waals surface area contributed by atoms with E-state index in [1.54, 1.807) is 6.07 Å². The first kappa shape index (κ1) is 12.0. The number of aliphatic hydroxyl groups excluding tert-OH is 1. The molecule has 0 atom stereocenters. The molecular weight excluding hydrogens is 192 g/mol. The molecule has 0 spiro atoms. The summed E-state index contributed by atoms with van der Waals surface area (Å²) in [4.78, 5) is 0. The summed E-state index contributed by atoms with van der Waals surface area (Å²) in [6.07, 6.45) is 0. The topological polar surface area (TPSA) is 38.7 Å². The van der Waals surface area contributed by atoms with E-state index in [4.69, 9.17) is 14.6 Å². The second-order valence-corrected chi connectivity index (χ2v) is 3.23. The Morgan fingerprint density at radius 3 is 2.80 bits per heavy atom. The van der Waals surface area contributed by atoms with Crippen LogP contribution in [0.15, 0.2) is 12.1 Å². The molecule has 1 radical (unpaired) electrons. The van der Waals surface area contributed by atoms with Crippen molar-refractivity contribution in [1.82, 2.24) is 0 Å². The first-order chi connectivity index (χ1) is 7.26. The molecule has 0 saturated carbocycles. The zero-order valence-electron chi connectivity index (χ0n) is 9.25. The average Bonchev–Trinajstić information content (AvgIpc) is 2.23. The quantitative estimate of drug-likeness (QED) is 0.725. The molecule has 3 nitrogen and oxygen atoms in total. The first-order valence-electron chi connectivity index (χ1n) is 5.10. The number of hydrogen-bond acceptors (Lipinski definition) is 3. The highest BCUT2D eigenvalue weighted by Gasteiger charge is 1.99. The van der Waals surface area contributed by atoms with Crippen molar-refractivity contribution in [3.05, 3.63) is 29.3 Å². The van der Waals surface area contributed by atoms with Gasteiger partial charge in [-0.05, 0) is 43.2 Å². The van der Waals surface area contributed by atoms with Crippen LogP contribution in [0.5, 0.6) is 5.75 Å². The number of aryl methyl sites for hydroxylation is 1. The number of benzene rings is 1. The Morgan fingerprint density at radius 2 is 2.13 bits per heavy atom. The van der Waals surface area contributed by atoms with E-state index in [9.17, 15) is 0 Å². The van der Waals surface area contributed by atoms with Crippen LogP contribution in [0.4, 0.5) is 0 Å². The molecular formula is C12H17O3. The number of aliphatic hydroxyl groups is 1. The monoisotopic (exact) mass is 209 g/mol. The van der Waals surface area contributed by atoms with Gasteiger partial charge in [0.25, 0.3) is 0 Å². The Morgan fingerprint density at radius 1 is 1.33 bits per heavy atom. The zero-order valence-corrected chi connectivity index (χ0v) is 9.25. The SMILES string of the molecule is CCOCCOc1cc(C)[c]c(CO)c1. The summed E-state index contributed by atoms with van der Waals surface area (Å²) < 4.78 is 10.6. The minimum atomic E-state index is -0.0104. The maximum absolute atomic E-state index is 8.98. The van der Waals surface area contributed by atoms with Gasteiger partial charge in [0.1, 0.15) is 12.4 Å². The van der Waals surface area contributed by atoms with E-state index in [1.165, 1.54) is 0 Å². The van der Waals surface area contributed by atoms with E-state index in [1.807, 2.05) is 19.9 Å². The number of ether oxygens (including phenoxy) is 2. The largest absolute Gasteiger partial charge is 0.491 e. The summed E-state index contributed by atoms with van der Waals surface area (Å²) in [5.41, 5.74) is 1.72. The van der Waals surface area contributed by atoms with Crippen LogP contribution in [0.1, 0.15) is 18.1 Å². The van der Waals surface area contributed by atoms with Crippen molar-refractivity contribution in [2.24, 2.45) is 0 Å². The highest BCUT2D eigenvalue weighted by molar-refractivity contribution is 5.32. The summed E-state index contributed by atoms with van der Waals surface area (Å²) in [5.74, 6) is 0.759. The molecule has 0 aliphatic carbocycles. The third kappa shape index (κ3) is 4.32. The van der Waals surface area contributed by atoms with Crippen LogP contribution in [0.3, 0.4) is 0 Å². The van der Waals surface area contributed by atoms with Gasteiger partial charge in [-0.3, -0.25) is 0 Å². The second kappa shape index (κ2) is 6.43. The van der Waals surface area contributed by atoms with Gasteiger partial charge in [-0.15, -0.1) is 0 Å². The lowest BCUT2D eigenvalue weighted by atomic mass is 10.1. The van der Waals surface area contributed by atoms with Crippen LogP contribution in [0.2, 0.25) is 0 Å². The van der Waals surface area contributed by atoms with Crippen LogP contribution in [-0.2, 0) is 11.3 Å². The van der Waals surface area contributed by atoms with E-state index < -0.39 is 0 Å².